The molecule has 0 spiro atoms. The summed E-state index contributed by atoms with van der Waals surface area (Å²) in [5.41, 5.74) is 0. The van der Waals surface area contributed by atoms with E-state index in [0.717, 1.165) is 12.1 Å². The minimum Gasteiger partial charge on any atom is -0.507 e. The number of rotatable bonds is 2. The molecule has 3 N–H and O–H groups in total. The van der Waals surface area contributed by atoms with Crippen molar-refractivity contribution in [1.29, 1.82) is 0 Å². The summed E-state index contributed by atoms with van der Waals surface area (Å²) in [4.78, 5) is -1.98. The van der Waals surface area contributed by atoms with Crippen LogP contribution in [-0.4, -0.2) is 31.0 Å². The zero-order chi connectivity index (χ0) is 14.4. The van der Waals surface area contributed by atoms with Gasteiger partial charge >= 0.3 is 0 Å². The van der Waals surface area contributed by atoms with E-state index < -0.39 is 35.8 Å². The van der Waals surface area contributed by atoms with Gasteiger partial charge in [0, 0.05) is 11.5 Å². The van der Waals surface area contributed by atoms with Gasteiger partial charge in [0.15, 0.2) is 0 Å². The molecular weight excluding hydrogens is 296 g/mol. The highest BCUT2D eigenvalue weighted by Gasteiger charge is 2.25. The minimum atomic E-state index is -4.89. The number of phenolic OH excluding ortho intramolecular Hbond substituents is 1. The maximum absolute atomic E-state index is 11.1. The Bertz CT molecular complexity index is 866. The molecule has 0 unspecified atom stereocenters. The number of hydrogen-bond donors (Lipinski definition) is 3. The van der Waals surface area contributed by atoms with E-state index in [0.29, 0.717) is 0 Å². The first-order valence-electron chi connectivity index (χ1n) is 4.73. The summed E-state index contributed by atoms with van der Waals surface area (Å²) in [6, 6.07) is 6.61. The van der Waals surface area contributed by atoms with Crippen LogP contribution in [0.4, 0.5) is 0 Å². The minimum absolute atomic E-state index is 0.0254. The van der Waals surface area contributed by atoms with Gasteiger partial charge in [0.05, 0.1) is 0 Å². The number of phenols is 1. The first-order chi connectivity index (χ1) is 8.60. The lowest BCUT2D eigenvalue weighted by Gasteiger charge is -2.07. The van der Waals surface area contributed by atoms with Gasteiger partial charge < -0.3 is 5.11 Å². The summed E-state index contributed by atoms with van der Waals surface area (Å²) < 4.78 is 62.5. The van der Waals surface area contributed by atoms with Crippen molar-refractivity contribution in [3.05, 3.63) is 30.3 Å². The zero-order valence-electron chi connectivity index (χ0n) is 9.10. The van der Waals surface area contributed by atoms with Crippen molar-refractivity contribution in [3.63, 3.8) is 0 Å². The van der Waals surface area contributed by atoms with Crippen molar-refractivity contribution in [3.8, 4) is 5.75 Å². The van der Waals surface area contributed by atoms with Gasteiger partial charge in [-0.1, -0.05) is 6.07 Å². The molecule has 0 bridgehead atoms. The van der Waals surface area contributed by atoms with Gasteiger partial charge in [0.25, 0.3) is 20.2 Å². The van der Waals surface area contributed by atoms with E-state index in [-0.39, 0.29) is 10.8 Å². The van der Waals surface area contributed by atoms with Crippen LogP contribution >= 0.6 is 0 Å². The highest BCUT2D eigenvalue weighted by Crippen LogP contribution is 2.31. The molecule has 2 rings (SSSR count). The molecule has 9 heteroatoms. The molecule has 2 aromatic rings. The van der Waals surface area contributed by atoms with E-state index in [1.165, 1.54) is 12.1 Å². The molecule has 0 saturated heterocycles. The highest BCUT2D eigenvalue weighted by molar-refractivity contribution is 7.89. The third-order valence-electron chi connectivity index (χ3n) is 2.41. The standard InChI is InChI=1S/C10H7O7S2/c11-8-3-1-2-6-4-9(18(12,13)14)10(5-7(6)8)19(15,16)17/h1-2,4-5,11H,(H,12,13,14)(H,15,16,17). The van der Waals surface area contributed by atoms with Crippen LogP contribution in [0.5, 0.6) is 5.75 Å². The molecule has 0 amide bonds. The quantitative estimate of drug-likeness (QED) is 0.701. The lowest BCUT2D eigenvalue weighted by atomic mass is 10.1. The number of hydrogen-bond acceptors (Lipinski definition) is 5. The summed E-state index contributed by atoms with van der Waals surface area (Å²) >= 11 is 0. The third kappa shape index (κ3) is 2.54. The molecule has 0 aliphatic carbocycles. The average Bonchev–Trinajstić information content (AvgIpc) is 2.25. The van der Waals surface area contributed by atoms with Crippen molar-refractivity contribution in [2.75, 3.05) is 0 Å². The van der Waals surface area contributed by atoms with Crippen LogP contribution < -0.4 is 0 Å². The molecule has 2 aromatic carbocycles. The lowest BCUT2D eigenvalue weighted by molar-refractivity contribution is 0.466. The molecular formula is C10H7O7S2. The van der Waals surface area contributed by atoms with E-state index in [1.807, 2.05) is 0 Å². The van der Waals surface area contributed by atoms with Crippen LogP contribution in [0.25, 0.3) is 10.8 Å². The van der Waals surface area contributed by atoms with Gasteiger partial charge in [0.1, 0.15) is 15.5 Å². The van der Waals surface area contributed by atoms with E-state index in [9.17, 15) is 21.9 Å². The normalized spacial score (nSPS) is 12.7. The predicted octanol–water partition coefficient (Wildman–Crippen LogP) is 0.839. The second-order valence-electron chi connectivity index (χ2n) is 3.66. The van der Waals surface area contributed by atoms with Crippen LogP contribution in [0, 0.1) is 6.07 Å². The summed E-state index contributed by atoms with van der Waals surface area (Å²) in [6.45, 7) is 0. The van der Waals surface area contributed by atoms with Crippen LogP contribution in [0.1, 0.15) is 0 Å². The van der Waals surface area contributed by atoms with Crippen LogP contribution in [0.2, 0.25) is 0 Å². The van der Waals surface area contributed by atoms with Gasteiger partial charge in [-0.15, -0.1) is 0 Å². The van der Waals surface area contributed by atoms with Gasteiger partial charge in [-0.05, 0) is 23.6 Å². The van der Waals surface area contributed by atoms with Gasteiger partial charge in [-0.25, -0.2) is 0 Å². The van der Waals surface area contributed by atoms with E-state index in [4.69, 9.17) is 9.11 Å². The molecule has 0 heterocycles. The number of fused-ring (bicyclic) bond motifs is 1. The highest BCUT2D eigenvalue weighted by atomic mass is 32.2. The Labute approximate surface area is 108 Å². The fourth-order valence-electron chi connectivity index (χ4n) is 1.61. The number of aromatic hydroxyl groups is 1. The van der Waals surface area contributed by atoms with Crippen molar-refractivity contribution >= 4 is 31.0 Å². The Morgan fingerprint density at radius 2 is 1.47 bits per heavy atom. The molecule has 1 radical (unpaired) electrons. The molecule has 101 valence electrons. The van der Waals surface area contributed by atoms with Crippen LogP contribution in [0.15, 0.2) is 34.1 Å². The number of benzene rings is 2. The fraction of sp³-hybridized carbons (Fsp3) is 0. The Hall–Kier alpha value is -1.68. The molecule has 0 aliphatic rings. The molecule has 19 heavy (non-hydrogen) atoms. The molecule has 0 aromatic heterocycles. The average molecular weight is 303 g/mol. The molecule has 0 saturated carbocycles. The van der Waals surface area contributed by atoms with Crippen molar-refractivity contribution in [2.24, 2.45) is 0 Å². The van der Waals surface area contributed by atoms with Crippen molar-refractivity contribution in [1.82, 2.24) is 0 Å². The van der Waals surface area contributed by atoms with Gasteiger partial charge in [0.2, 0.25) is 0 Å². The molecule has 7 nitrogen and oxygen atoms in total. The second kappa shape index (κ2) is 4.17. The Balaban J connectivity index is 3.04. The topological polar surface area (TPSA) is 129 Å². The van der Waals surface area contributed by atoms with E-state index >= 15 is 0 Å². The van der Waals surface area contributed by atoms with E-state index in [1.54, 1.807) is 0 Å². The monoisotopic (exact) mass is 303 g/mol. The van der Waals surface area contributed by atoms with Gasteiger partial charge in [-0.3, -0.25) is 9.11 Å². The molecule has 0 fully saturated rings. The summed E-state index contributed by atoms with van der Waals surface area (Å²) in [5.74, 6) is -0.413. The summed E-state index contributed by atoms with van der Waals surface area (Å²) in [5, 5.41) is 9.65. The smallest absolute Gasteiger partial charge is 0.295 e. The predicted molar refractivity (Wildman–Crippen MR) is 64.1 cm³/mol. The fourth-order valence-corrected chi connectivity index (χ4v) is 3.41. The second-order valence-corrected chi connectivity index (χ2v) is 6.44. The Kier molecular flexibility index (Phi) is 3.01. The first-order valence-corrected chi connectivity index (χ1v) is 7.61. The van der Waals surface area contributed by atoms with Crippen molar-refractivity contribution < 1.29 is 31.0 Å². The SMILES string of the molecule is O=S(=O)(O)c1cc2cc[c]c(O)c2cc1S(=O)(=O)O. The maximum Gasteiger partial charge on any atom is 0.295 e. The Morgan fingerprint density at radius 1 is 0.947 bits per heavy atom. The first kappa shape index (κ1) is 13.7. The van der Waals surface area contributed by atoms with Gasteiger partial charge in [-0.2, -0.15) is 16.8 Å². The molecule has 0 aliphatic heterocycles. The summed E-state index contributed by atoms with van der Waals surface area (Å²) in [7, 11) is -9.74. The molecule has 0 atom stereocenters. The largest absolute Gasteiger partial charge is 0.507 e. The lowest BCUT2D eigenvalue weighted by Crippen LogP contribution is -2.08. The van der Waals surface area contributed by atoms with Crippen molar-refractivity contribution in [2.45, 2.75) is 9.79 Å². The van der Waals surface area contributed by atoms with Crippen LogP contribution in [0.3, 0.4) is 0 Å². The maximum atomic E-state index is 11.1. The summed E-state index contributed by atoms with van der Waals surface area (Å²) in [6.07, 6.45) is 0. The van der Waals surface area contributed by atoms with E-state index in [2.05, 4.69) is 6.07 Å². The zero-order valence-corrected chi connectivity index (χ0v) is 10.7. The third-order valence-corrected chi connectivity index (χ3v) is 4.33. The van der Waals surface area contributed by atoms with Crippen LogP contribution in [-0.2, 0) is 20.2 Å². The Morgan fingerprint density at radius 3 is 2.00 bits per heavy atom.